The number of amides is 2. The number of unbranched alkanes of at least 4 members (excludes halogenated alkanes) is 1. The van der Waals surface area contributed by atoms with Crippen LogP contribution in [0, 0.1) is 0 Å². The molecule has 0 aliphatic heterocycles. The predicted octanol–water partition coefficient (Wildman–Crippen LogP) is 6.30. The van der Waals surface area contributed by atoms with Crippen LogP contribution in [0.5, 0.6) is 11.5 Å². The minimum Gasteiger partial charge on any atom is -0.497 e. The number of carbonyl (C=O) groups excluding carboxylic acids is 2. The number of hydrogen-bond donors (Lipinski definition) is 2. The third-order valence-corrected chi connectivity index (χ3v) is 6.38. The van der Waals surface area contributed by atoms with Crippen molar-refractivity contribution >= 4 is 35.0 Å². The topological polar surface area (TPSA) is 76.7 Å². The molecule has 0 radical (unpaired) electrons. The van der Waals surface area contributed by atoms with Crippen molar-refractivity contribution in [1.29, 1.82) is 0 Å². The highest BCUT2D eigenvalue weighted by atomic mass is 32.2. The number of anilines is 2. The largest absolute Gasteiger partial charge is 0.497 e. The second-order valence-electron chi connectivity index (χ2n) is 7.64. The van der Waals surface area contributed by atoms with Gasteiger partial charge in [-0.1, -0.05) is 49.7 Å². The summed E-state index contributed by atoms with van der Waals surface area (Å²) in [5.41, 5.74) is 2.15. The summed E-state index contributed by atoms with van der Waals surface area (Å²) in [6, 6.07) is 22.4. The lowest BCUT2D eigenvalue weighted by Crippen LogP contribution is -2.19. The molecule has 178 valence electrons. The van der Waals surface area contributed by atoms with E-state index in [-0.39, 0.29) is 11.8 Å². The molecule has 0 heterocycles. The highest BCUT2D eigenvalue weighted by Crippen LogP contribution is 2.38. The van der Waals surface area contributed by atoms with Gasteiger partial charge in [-0.05, 0) is 42.3 Å². The fraction of sp³-hybridized carbons (Fsp3) is 0.259. The Morgan fingerprint density at radius 3 is 2.41 bits per heavy atom. The molecule has 0 spiro atoms. The van der Waals surface area contributed by atoms with E-state index < -0.39 is 5.25 Å². The van der Waals surface area contributed by atoms with E-state index in [1.165, 1.54) is 11.8 Å². The second-order valence-corrected chi connectivity index (χ2v) is 8.82. The summed E-state index contributed by atoms with van der Waals surface area (Å²) in [7, 11) is 3.13. The molecule has 2 N–H and O–H groups in total. The minimum atomic E-state index is -0.515. The molecule has 0 saturated carbocycles. The Labute approximate surface area is 205 Å². The van der Waals surface area contributed by atoms with E-state index in [0.717, 1.165) is 29.0 Å². The Balaban J connectivity index is 1.82. The van der Waals surface area contributed by atoms with E-state index in [1.54, 1.807) is 32.4 Å². The molecule has 2 amide bonds. The van der Waals surface area contributed by atoms with Gasteiger partial charge < -0.3 is 20.1 Å². The molecule has 6 nitrogen and oxygen atoms in total. The predicted molar refractivity (Wildman–Crippen MR) is 138 cm³/mol. The zero-order valence-corrected chi connectivity index (χ0v) is 20.5. The van der Waals surface area contributed by atoms with Gasteiger partial charge >= 0.3 is 0 Å². The van der Waals surface area contributed by atoms with Gasteiger partial charge in [0.15, 0.2) is 0 Å². The molecule has 0 aromatic heterocycles. The SMILES string of the molecule is CCCCC(=O)Nc1cccc(SC(C(=O)Nc2ccc(OC)cc2OC)c2ccccc2)c1. The van der Waals surface area contributed by atoms with E-state index >= 15 is 0 Å². The van der Waals surface area contributed by atoms with Gasteiger partial charge in [-0.3, -0.25) is 9.59 Å². The summed E-state index contributed by atoms with van der Waals surface area (Å²) in [5, 5.41) is 5.42. The minimum absolute atomic E-state index is 0.00652. The van der Waals surface area contributed by atoms with Crippen molar-refractivity contribution in [3.63, 3.8) is 0 Å². The molecular weight excluding hydrogens is 448 g/mol. The van der Waals surface area contributed by atoms with Crippen molar-refractivity contribution in [2.24, 2.45) is 0 Å². The second kappa shape index (κ2) is 12.7. The maximum Gasteiger partial charge on any atom is 0.242 e. The van der Waals surface area contributed by atoms with Crippen molar-refractivity contribution in [1.82, 2.24) is 0 Å². The zero-order chi connectivity index (χ0) is 24.3. The summed E-state index contributed by atoms with van der Waals surface area (Å²) in [4.78, 5) is 26.4. The molecule has 3 aromatic rings. The van der Waals surface area contributed by atoms with Gasteiger partial charge in [-0.2, -0.15) is 0 Å². The molecular formula is C27H30N2O4S. The Hall–Kier alpha value is -3.45. The summed E-state index contributed by atoms with van der Waals surface area (Å²) >= 11 is 1.42. The number of benzene rings is 3. The monoisotopic (exact) mass is 478 g/mol. The number of nitrogens with one attached hydrogen (secondary N) is 2. The maximum absolute atomic E-state index is 13.4. The van der Waals surface area contributed by atoms with Crippen LogP contribution >= 0.6 is 11.8 Å². The number of ether oxygens (including phenoxy) is 2. The lowest BCUT2D eigenvalue weighted by molar-refractivity contribution is -0.116. The molecule has 0 saturated heterocycles. The third-order valence-electron chi connectivity index (χ3n) is 5.14. The van der Waals surface area contributed by atoms with Crippen LogP contribution in [0.1, 0.15) is 37.0 Å². The molecule has 0 bridgehead atoms. The van der Waals surface area contributed by atoms with Crippen LogP contribution in [0.3, 0.4) is 0 Å². The molecule has 3 aromatic carbocycles. The molecule has 1 atom stereocenters. The highest BCUT2D eigenvalue weighted by molar-refractivity contribution is 8.00. The van der Waals surface area contributed by atoms with Crippen molar-refractivity contribution in [3.8, 4) is 11.5 Å². The number of thioether (sulfide) groups is 1. The van der Waals surface area contributed by atoms with Gasteiger partial charge in [0.2, 0.25) is 11.8 Å². The third kappa shape index (κ3) is 7.02. The average molecular weight is 479 g/mol. The highest BCUT2D eigenvalue weighted by Gasteiger charge is 2.23. The first-order valence-corrected chi connectivity index (χ1v) is 12.1. The van der Waals surface area contributed by atoms with Crippen LogP contribution in [0.15, 0.2) is 77.7 Å². The fourth-order valence-electron chi connectivity index (χ4n) is 3.34. The summed E-state index contributed by atoms with van der Waals surface area (Å²) in [5.74, 6) is 0.966. The number of carbonyl (C=O) groups is 2. The van der Waals surface area contributed by atoms with Gasteiger partial charge in [-0.15, -0.1) is 11.8 Å². The normalized spacial score (nSPS) is 11.4. The molecule has 34 heavy (non-hydrogen) atoms. The Morgan fingerprint density at radius 1 is 0.912 bits per heavy atom. The Kier molecular flexibility index (Phi) is 9.40. The van der Waals surface area contributed by atoms with E-state index in [0.29, 0.717) is 23.6 Å². The molecule has 0 fully saturated rings. The smallest absolute Gasteiger partial charge is 0.242 e. The van der Waals surface area contributed by atoms with Crippen LogP contribution in [0.4, 0.5) is 11.4 Å². The van der Waals surface area contributed by atoms with E-state index in [9.17, 15) is 9.59 Å². The summed E-state index contributed by atoms with van der Waals surface area (Å²) in [6.45, 7) is 2.06. The zero-order valence-electron chi connectivity index (χ0n) is 19.7. The quantitative estimate of drug-likeness (QED) is 0.316. The van der Waals surface area contributed by atoms with Crippen molar-refractivity contribution < 1.29 is 19.1 Å². The molecule has 1 unspecified atom stereocenters. The molecule has 7 heteroatoms. The summed E-state index contributed by atoms with van der Waals surface area (Å²) < 4.78 is 10.7. The molecule has 3 rings (SSSR count). The Bertz CT molecular complexity index is 1100. The van der Waals surface area contributed by atoms with Crippen LogP contribution in [0.25, 0.3) is 0 Å². The average Bonchev–Trinajstić information content (AvgIpc) is 2.87. The lowest BCUT2D eigenvalue weighted by Gasteiger charge is -2.19. The van der Waals surface area contributed by atoms with E-state index in [1.807, 2.05) is 54.6 Å². The lowest BCUT2D eigenvalue weighted by atomic mass is 10.1. The summed E-state index contributed by atoms with van der Waals surface area (Å²) in [6.07, 6.45) is 2.31. The van der Waals surface area contributed by atoms with Crippen LogP contribution in [-0.4, -0.2) is 26.0 Å². The first kappa shape index (κ1) is 25.2. The number of rotatable bonds is 11. The van der Waals surface area contributed by atoms with Crippen molar-refractivity contribution in [2.45, 2.75) is 36.3 Å². The fourth-order valence-corrected chi connectivity index (χ4v) is 4.43. The van der Waals surface area contributed by atoms with Crippen molar-refractivity contribution in [2.75, 3.05) is 24.9 Å². The van der Waals surface area contributed by atoms with E-state index in [4.69, 9.17) is 9.47 Å². The number of methoxy groups -OCH3 is 2. The first-order valence-electron chi connectivity index (χ1n) is 11.2. The van der Waals surface area contributed by atoms with E-state index in [2.05, 4.69) is 17.6 Å². The van der Waals surface area contributed by atoms with Gasteiger partial charge in [0.25, 0.3) is 0 Å². The van der Waals surface area contributed by atoms with Gasteiger partial charge in [-0.25, -0.2) is 0 Å². The van der Waals surface area contributed by atoms with Crippen LogP contribution < -0.4 is 20.1 Å². The van der Waals surface area contributed by atoms with Crippen LogP contribution in [0.2, 0.25) is 0 Å². The number of hydrogen-bond acceptors (Lipinski definition) is 5. The maximum atomic E-state index is 13.4. The Morgan fingerprint density at radius 2 is 1.71 bits per heavy atom. The van der Waals surface area contributed by atoms with Crippen LogP contribution in [-0.2, 0) is 9.59 Å². The standard InChI is InChI=1S/C27H30N2O4S/c1-4-5-14-25(30)28-20-12-9-13-22(17-20)34-26(19-10-7-6-8-11-19)27(31)29-23-16-15-21(32-2)18-24(23)33-3/h6-13,15-18,26H,4-5,14H2,1-3H3,(H,28,30)(H,29,31). The van der Waals surface area contributed by atoms with Gasteiger partial charge in [0.1, 0.15) is 16.7 Å². The van der Waals surface area contributed by atoms with Gasteiger partial charge in [0, 0.05) is 23.1 Å². The molecule has 0 aliphatic carbocycles. The van der Waals surface area contributed by atoms with Crippen molar-refractivity contribution in [3.05, 3.63) is 78.4 Å². The molecule has 0 aliphatic rings. The first-order chi connectivity index (χ1) is 16.5. The van der Waals surface area contributed by atoms with Gasteiger partial charge in [0.05, 0.1) is 19.9 Å².